The summed E-state index contributed by atoms with van der Waals surface area (Å²) < 4.78 is 13.1. The highest BCUT2D eigenvalue weighted by Crippen LogP contribution is 2.28. The number of pyridine rings is 1. The Labute approximate surface area is 108 Å². The van der Waals surface area contributed by atoms with E-state index in [1.807, 2.05) is 0 Å². The molecule has 0 atom stereocenters. The molecule has 1 saturated heterocycles. The summed E-state index contributed by atoms with van der Waals surface area (Å²) in [4.78, 5) is 6.29. The van der Waals surface area contributed by atoms with Crippen LogP contribution in [0.4, 0.5) is 10.2 Å². The van der Waals surface area contributed by atoms with E-state index in [2.05, 4.69) is 23.7 Å². The van der Waals surface area contributed by atoms with Crippen molar-refractivity contribution < 1.29 is 9.50 Å². The van der Waals surface area contributed by atoms with Crippen LogP contribution in [0.5, 0.6) is 0 Å². The number of aliphatic hydroxyl groups excluding tert-OH is 1. The Morgan fingerprint density at radius 1 is 1.44 bits per heavy atom. The summed E-state index contributed by atoms with van der Waals surface area (Å²) in [5.41, 5.74) is 0.581. The largest absolute Gasteiger partial charge is 0.392 e. The molecule has 4 heteroatoms. The summed E-state index contributed by atoms with van der Waals surface area (Å²) in [6.45, 7) is 6.23. The Morgan fingerprint density at radius 2 is 2.11 bits per heavy atom. The van der Waals surface area contributed by atoms with E-state index in [1.54, 1.807) is 0 Å². The Morgan fingerprint density at radius 3 is 2.67 bits per heavy atom. The van der Waals surface area contributed by atoms with E-state index in [1.165, 1.54) is 12.3 Å². The second kappa shape index (κ2) is 5.65. The first kappa shape index (κ1) is 13.3. The Kier molecular flexibility index (Phi) is 4.17. The van der Waals surface area contributed by atoms with Gasteiger partial charge in [0.15, 0.2) is 0 Å². The lowest BCUT2D eigenvalue weighted by Gasteiger charge is -2.35. The molecule has 1 aromatic heterocycles. The average molecular weight is 252 g/mol. The van der Waals surface area contributed by atoms with Crippen molar-refractivity contribution in [1.29, 1.82) is 0 Å². The van der Waals surface area contributed by atoms with Crippen LogP contribution in [0.3, 0.4) is 0 Å². The first-order valence-electron chi connectivity index (χ1n) is 6.62. The van der Waals surface area contributed by atoms with Gasteiger partial charge in [0.25, 0.3) is 0 Å². The Balaban J connectivity index is 2.09. The van der Waals surface area contributed by atoms with Crippen LogP contribution in [0.2, 0.25) is 0 Å². The predicted molar refractivity (Wildman–Crippen MR) is 69.9 cm³/mol. The molecule has 1 aromatic rings. The SMILES string of the molecule is CC(C)C1CCN(c2ncc(F)cc2CO)CC1. The van der Waals surface area contributed by atoms with Gasteiger partial charge in [0.2, 0.25) is 0 Å². The number of nitrogens with zero attached hydrogens (tertiary/aromatic N) is 2. The third kappa shape index (κ3) is 2.80. The van der Waals surface area contributed by atoms with Crippen LogP contribution >= 0.6 is 0 Å². The lowest BCUT2D eigenvalue weighted by atomic mass is 9.86. The van der Waals surface area contributed by atoms with Crippen LogP contribution in [0.25, 0.3) is 0 Å². The minimum absolute atomic E-state index is 0.162. The normalized spacial score (nSPS) is 17.5. The van der Waals surface area contributed by atoms with Crippen LogP contribution in [0.15, 0.2) is 12.3 Å². The summed E-state index contributed by atoms with van der Waals surface area (Å²) in [5, 5.41) is 9.28. The summed E-state index contributed by atoms with van der Waals surface area (Å²) in [7, 11) is 0. The summed E-state index contributed by atoms with van der Waals surface area (Å²) >= 11 is 0. The molecule has 0 saturated carbocycles. The molecule has 100 valence electrons. The molecule has 1 aliphatic heterocycles. The highest BCUT2D eigenvalue weighted by Gasteiger charge is 2.23. The van der Waals surface area contributed by atoms with Gasteiger partial charge in [0, 0.05) is 18.7 Å². The van der Waals surface area contributed by atoms with Crippen LogP contribution < -0.4 is 4.90 Å². The maximum atomic E-state index is 13.1. The molecule has 18 heavy (non-hydrogen) atoms. The van der Waals surface area contributed by atoms with Crippen molar-refractivity contribution in [2.24, 2.45) is 11.8 Å². The molecule has 0 aliphatic carbocycles. The maximum Gasteiger partial charge on any atom is 0.142 e. The average Bonchev–Trinajstić information content (AvgIpc) is 2.38. The summed E-state index contributed by atoms with van der Waals surface area (Å²) in [6.07, 6.45) is 3.51. The number of halogens is 1. The van der Waals surface area contributed by atoms with Crippen molar-refractivity contribution >= 4 is 5.82 Å². The second-order valence-electron chi connectivity index (χ2n) is 5.36. The van der Waals surface area contributed by atoms with Crippen molar-refractivity contribution in [1.82, 2.24) is 4.98 Å². The number of aromatic nitrogens is 1. The van der Waals surface area contributed by atoms with Crippen LogP contribution in [-0.2, 0) is 6.61 Å². The zero-order valence-electron chi connectivity index (χ0n) is 11.1. The molecule has 0 bridgehead atoms. The predicted octanol–water partition coefficient (Wildman–Crippen LogP) is 2.59. The first-order chi connectivity index (χ1) is 8.61. The molecule has 0 radical (unpaired) electrons. The van der Waals surface area contributed by atoms with Gasteiger partial charge in [0.1, 0.15) is 11.6 Å². The monoisotopic (exact) mass is 252 g/mol. The highest BCUT2D eigenvalue weighted by atomic mass is 19.1. The number of aliphatic hydroxyl groups is 1. The number of hydrogen-bond acceptors (Lipinski definition) is 3. The molecule has 0 spiro atoms. The van der Waals surface area contributed by atoms with E-state index in [4.69, 9.17) is 0 Å². The first-order valence-corrected chi connectivity index (χ1v) is 6.62. The standard InChI is InChI=1S/C14H21FN2O/c1-10(2)11-3-5-17(6-4-11)14-12(9-18)7-13(15)8-16-14/h7-8,10-11,18H,3-6,9H2,1-2H3. The molecular formula is C14H21FN2O. The zero-order chi connectivity index (χ0) is 13.1. The fraction of sp³-hybridized carbons (Fsp3) is 0.643. The van der Waals surface area contributed by atoms with Gasteiger partial charge in [-0.3, -0.25) is 0 Å². The summed E-state index contributed by atoms with van der Waals surface area (Å²) in [5.74, 6) is 1.82. The number of piperidine rings is 1. The van der Waals surface area contributed by atoms with Gasteiger partial charge in [0.05, 0.1) is 12.8 Å². The van der Waals surface area contributed by atoms with Gasteiger partial charge in [-0.1, -0.05) is 13.8 Å². The third-order valence-corrected chi connectivity index (χ3v) is 3.86. The smallest absolute Gasteiger partial charge is 0.142 e. The Hall–Kier alpha value is -1.16. The van der Waals surface area contributed by atoms with Crippen molar-refractivity contribution in [3.05, 3.63) is 23.6 Å². The lowest BCUT2D eigenvalue weighted by molar-refractivity contribution is 0.278. The van der Waals surface area contributed by atoms with E-state index >= 15 is 0 Å². The van der Waals surface area contributed by atoms with Gasteiger partial charge in [-0.15, -0.1) is 0 Å². The number of anilines is 1. The van der Waals surface area contributed by atoms with Gasteiger partial charge >= 0.3 is 0 Å². The fourth-order valence-corrected chi connectivity index (χ4v) is 2.65. The minimum atomic E-state index is -0.389. The molecular weight excluding hydrogens is 231 g/mol. The van der Waals surface area contributed by atoms with E-state index in [9.17, 15) is 9.50 Å². The number of rotatable bonds is 3. The van der Waals surface area contributed by atoms with Crippen molar-refractivity contribution in [2.75, 3.05) is 18.0 Å². The quantitative estimate of drug-likeness (QED) is 0.898. The fourth-order valence-electron chi connectivity index (χ4n) is 2.65. The van der Waals surface area contributed by atoms with Crippen molar-refractivity contribution in [2.45, 2.75) is 33.3 Å². The topological polar surface area (TPSA) is 36.4 Å². The molecule has 1 aliphatic rings. The van der Waals surface area contributed by atoms with E-state index in [0.717, 1.165) is 37.7 Å². The maximum absolute atomic E-state index is 13.1. The minimum Gasteiger partial charge on any atom is -0.392 e. The third-order valence-electron chi connectivity index (χ3n) is 3.86. The van der Waals surface area contributed by atoms with Crippen LogP contribution in [-0.4, -0.2) is 23.2 Å². The zero-order valence-corrected chi connectivity index (χ0v) is 11.1. The molecule has 2 heterocycles. The van der Waals surface area contributed by atoms with Gasteiger partial charge in [-0.2, -0.15) is 0 Å². The van der Waals surface area contributed by atoms with Gasteiger partial charge in [-0.05, 0) is 30.7 Å². The molecule has 0 aromatic carbocycles. The van der Waals surface area contributed by atoms with Gasteiger partial charge < -0.3 is 10.0 Å². The van der Waals surface area contributed by atoms with Gasteiger partial charge in [-0.25, -0.2) is 9.37 Å². The van der Waals surface area contributed by atoms with E-state index in [0.29, 0.717) is 11.5 Å². The lowest BCUT2D eigenvalue weighted by Crippen LogP contribution is -2.36. The molecule has 3 nitrogen and oxygen atoms in total. The molecule has 2 rings (SSSR count). The summed E-state index contributed by atoms with van der Waals surface area (Å²) in [6, 6.07) is 1.37. The van der Waals surface area contributed by atoms with Crippen LogP contribution in [0, 0.1) is 17.7 Å². The molecule has 1 fully saturated rings. The molecule has 1 N–H and O–H groups in total. The molecule has 0 unspecified atom stereocenters. The van der Waals surface area contributed by atoms with Crippen molar-refractivity contribution in [3.8, 4) is 0 Å². The van der Waals surface area contributed by atoms with Crippen molar-refractivity contribution in [3.63, 3.8) is 0 Å². The Bertz CT molecular complexity index is 401. The molecule has 0 amide bonds. The van der Waals surface area contributed by atoms with Crippen LogP contribution in [0.1, 0.15) is 32.3 Å². The second-order valence-corrected chi connectivity index (χ2v) is 5.36. The van der Waals surface area contributed by atoms with E-state index < -0.39 is 0 Å². The van der Waals surface area contributed by atoms with E-state index in [-0.39, 0.29) is 12.4 Å². The number of hydrogen-bond donors (Lipinski definition) is 1. The highest BCUT2D eigenvalue weighted by molar-refractivity contribution is 5.46.